The van der Waals surface area contributed by atoms with E-state index in [1.807, 2.05) is 6.07 Å². The molecular weight excluding hydrogens is 505 g/mol. The zero-order valence-corrected chi connectivity index (χ0v) is 23.2. The van der Waals surface area contributed by atoms with Gasteiger partial charge in [0.2, 0.25) is 0 Å². The highest BCUT2D eigenvalue weighted by Crippen LogP contribution is 2.57. The summed E-state index contributed by atoms with van der Waals surface area (Å²) in [4.78, 5) is 13.1. The molecule has 2 aromatic carbocycles. The van der Waals surface area contributed by atoms with E-state index in [0.29, 0.717) is 0 Å². The largest absolute Gasteiger partial charge is 0.295 e. The third-order valence-corrected chi connectivity index (χ3v) is 9.45. The molecule has 184 valence electrons. The number of anilines is 3. The predicted molar refractivity (Wildman–Crippen MR) is 159 cm³/mol. The van der Waals surface area contributed by atoms with Gasteiger partial charge in [0, 0.05) is 42.4 Å². The first kappa shape index (κ1) is 24.1. The Morgan fingerprint density at radius 1 is 0.974 bits per heavy atom. The monoisotopic (exact) mass is 528 g/mol. The highest BCUT2D eigenvalue weighted by atomic mass is 32.1. The van der Waals surface area contributed by atoms with E-state index < -0.39 is 0 Å². The van der Waals surface area contributed by atoms with E-state index in [9.17, 15) is 5.26 Å². The molecule has 0 bridgehead atoms. The van der Waals surface area contributed by atoms with Crippen LogP contribution in [0.5, 0.6) is 0 Å². The third kappa shape index (κ3) is 3.82. The number of thiophene rings is 2. The summed E-state index contributed by atoms with van der Waals surface area (Å²) in [5.74, 6) is 0.890. The van der Waals surface area contributed by atoms with Crippen molar-refractivity contribution in [2.24, 2.45) is 0 Å². The average molecular weight is 529 g/mol. The van der Waals surface area contributed by atoms with Gasteiger partial charge < -0.3 is 0 Å². The van der Waals surface area contributed by atoms with Gasteiger partial charge in [-0.3, -0.25) is 4.90 Å². The maximum absolute atomic E-state index is 9.19. The first-order valence-corrected chi connectivity index (χ1v) is 13.9. The van der Waals surface area contributed by atoms with Crippen molar-refractivity contribution in [1.82, 2.24) is 4.98 Å². The second kappa shape index (κ2) is 8.96. The number of hydrogen-bond acceptors (Lipinski definition) is 5. The molecule has 5 aromatic rings. The number of pyridine rings is 1. The summed E-state index contributed by atoms with van der Waals surface area (Å²) in [6.07, 6.45) is 1.68. The molecule has 6 heteroatoms. The molecule has 0 fully saturated rings. The molecule has 3 aromatic heterocycles. The van der Waals surface area contributed by atoms with Crippen LogP contribution in [0, 0.1) is 31.8 Å². The number of hydrogen-bond donors (Lipinski definition) is 0. The van der Waals surface area contributed by atoms with E-state index in [1.54, 1.807) is 28.7 Å². The fraction of sp³-hybridized carbons (Fsp3) is 0.156. The molecule has 0 N–H and O–H groups in total. The lowest BCUT2D eigenvalue weighted by atomic mass is 9.86. The van der Waals surface area contributed by atoms with Crippen LogP contribution in [-0.4, -0.2) is 4.98 Å². The van der Waals surface area contributed by atoms with Crippen molar-refractivity contribution in [2.45, 2.75) is 33.1 Å². The lowest BCUT2D eigenvalue weighted by Crippen LogP contribution is -2.19. The molecular formula is C32H24N4S2. The number of rotatable bonds is 4. The van der Waals surface area contributed by atoms with Gasteiger partial charge in [-0.15, -0.1) is 22.7 Å². The minimum atomic E-state index is -0.283. The summed E-state index contributed by atoms with van der Waals surface area (Å²) in [7, 11) is 0. The Balaban J connectivity index is 1.48. The fourth-order valence-corrected chi connectivity index (χ4v) is 8.04. The molecule has 3 heterocycles. The van der Waals surface area contributed by atoms with Crippen LogP contribution in [0.1, 0.15) is 41.1 Å². The van der Waals surface area contributed by atoms with Gasteiger partial charge in [0.05, 0.1) is 23.0 Å². The third-order valence-electron chi connectivity index (χ3n) is 7.05. The van der Waals surface area contributed by atoms with Crippen LogP contribution in [-0.2, 0) is 5.41 Å². The molecule has 0 spiro atoms. The molecule has 0 unspecified atom stereocenters. The van der Waals surface area contributed by atoms with Crippen LogP contribution >= 0.6 is 22.7 Å². The van der Waals surface area contributed by atoms with Gasteiger partial charge in [0.15, 0.2) is 0 Å². The van der Waals surface area contributed by atoms with Crippen molar-refractivity contribution >= 4 is 55.3 Å². The van der Waals surface area contributed by atoms with Crippen LogP contribution in [0.25, 0.3) is 30.8 Å². The zero-order valence-electron chi connectivity index (χ0n) is 21.5. The molecule has 0 saturated heterocycles. The summed E-state index contributed by atoms with van der Waals surface area (Å²) in [5, 5.41) is 9.19. The van der Waals surface area contributed by atoms with Gasteiger partial charge in [-0.1, -0.05) is 49.2 Å². The average Bonchev–Trinajstić information content (AvgIpc) is 3.52. The number of nitrogens with zero attached hydrogens (tertiary/aromatic N) is 4. The lowest BCUT2D eigenvalue weighted by molar-refractivity contribution is 0.644. The van der Waals surface area contributed by atoms with Crippen molar-refractivity contribution < 1.29 is 0 Å². The molecule has 38 heavy (non-hydrogen) atoms. The van der Waals surface area contributed by atoms with Gasteiger partial charge in [0.25, 0.3) is 5.70 Å². The molecule has 1 aliphatic carbocycles. The van der Waals surface area contributed by atoms with E-state index in [1.165, 1.54) is 36.5 Å². The number of allylic oxidation sites excluding steroid dienone is 1. The van der Waals surface area contributed by atoms with Gasteiger partial charge in [-0.2, -0.15) is 0 Å². The standard InChI is InChI=1S/C32H24N4S2/c1-19-6-10-22(11-7-19)36(23-12-8-20(2)9-13-23)27-15-14-25-29-28(32(3,4)31(25)35-27)30-26(38-29)17-24(37-30)16-21(18-33)34-5/h6-17H,1-4H3/b21-16-. The first-order valence-electron chi connectivity index (χ1n) is 12.3. The van der Waals surface area contributed by atoms with Gasteiger partial charge in [0.1, 0.15) is 5.82 Å². The number of fused-ring (bicyclic) bond motifs is 5. The normalized spacial score (nSPS) is 13.6. The fourth-order valence-electron chi connectivity index (χ4n) is 5.11. The van der Waals surface area contributed by atoms with Crippen LogP contribution in [0.15, 0.2) is 72.4 Å². The Labute approximate surface area is 230 Å². The van der Waals surface area contributed by atoms with Crippen LogP contribution in [0.4, 0.5) is 17.2 Å². The smallest absolute Gasteiger partial charge is 0.263 e. The lowest BCUT2D eigenvalue weighted by Gasteiger charge is -2.27. The quantitative estimate of drug-likeness (QED) is 0.172. The number of benzene rings is 2. The summed E-state index contributed by atoms with van der Waals surface area (Å²) in [6, 6.07) is 25.5. The van der Waals surface area contributed by atoms with Crippen molar-refractivity contribution in [3.8, 4) is 16.5 Å². The Kier molecular flexibility index (Phi) is 5.69. The Morgan fingerprint density at radius 2 is 1.61 bits per heavy atom. The molecule has 6 rings (SSSR count). The minimum absolute atomic E-state index is 0.108. The maximum Gasteiger partial charge on any atom is 0.263 e. The van der Waals surface area contributed by atoms with Crippen LogP contribution in [0.3, 0.4) is 0 Å². The number of aryl methyl sites for hydroxylation is 2. The highest BCUT2D eigenvalue weighted by molar-refractivity contribution is 7.30. The molecule has 4 nitrogen and oxygen atoms in total. The van der Waals surface area contributed by atoms with Gasteiger partial charge in [-0.25, -0.2) is 15.1 Å². The van der Waals surface area contributed by atoms with Gasteiger partial charge >= 0.3 is 0 Å². The molecule has 1 aliphatic rings. The van der Waals surface area contributed by atoms with E-state index in [4.69, 9.17) is 11.6 Å². The Morgan fingerprint density at radius 3 is 2.18 bits per heavy atom. The Hall–Kier alpha value is -4.23. The molecule has 0 aliphatic heterocycles. The summed E-state index contributed by atoms with van der Waals surface area (Å²) < 4.78 is 2.41. The summed E-state index contributed by atoms with van der Waals surface area (Å²) in [5.41, 5.74) is 7.96. The second-order valence-electron chi connectivity index (χ2n) is 10.1. The summed E-state index contributed by atoms with van der Waals surface area (Å²) in [6.45, 7) is 15.9. The van der Waals surface area contributed by atoms with Crippen LogP contribution < -0.4 is 4.90 Å². The van der Waals surface area contributed by atoms with Crippen molar-refractivity contribution in [1.29, 1.82) is 5.26 Å². The summed E-state index contributed by atoms with van der Waals surface area (Å²) >= 11 is 3.42. The van der Waals surface area contributed by atoms with Crippen LogP contribution in [0.2, 0.25) is 0 Å². The van der Waals surface area contributed by atoms with E-state index >= 15 is 0 Å². The first-order chi connectivity index (χ1) is 18.3. The molecule has 0 atom stereocenters. The van der Waals surface area contributed by atoms with E-state index in [2.05, 4.69) is 104 Å². The highest BCUT2D eigenvalue weighted by Gasteiger charge is 2.41. The Bertz CT molecular complexity index is 1760. The zero-order chi connectivity index (χ0) is 26.6. The van der Waals surface area contributed by atoms with E-state index in [-0.39, 0.29) is 11.1 Å². The molecule has 0 amide bonds. The molecule has 0 saturated carbocycles. The van der Waals surface area contributed by atoms with Crippen molar-refractivity contribution in [3.05, 3.63) is 111 Å². The second-order valence-corrected chi connectivity index (χ2v) is 12.2. The van der Waals surface area contributed by atoms with E-state index in [0.717, 1.165) is 27.8 Å². The number of nitriles is 1. The topological polar surface area (TPSA) is 44.3 Å². The SMILES string of the molecule is [C-]#[N+]/C(C#N)=C\c1cc2sc3c(c2s1)C(C)(C)c1nc(N(c2ccc(C)cc2)c2ccc(C)cc2)ccc1-3. The molecule has 0 radical (unpaired) electrons. The van der Waals surface area contributed by atoms with Crippen molar-refractivity contribution in [2.75, 3.05) is 4.90 Å². The number of aromatic nitrogens is 1. The minimum Gasteiger partial charge on any atom is -0.295 e. The van der Waals surface area contributed by atoms with Crippen molar-refractivity contribution in [3.63, 3.8) is 0 Å². The predicted octanol–water partition coefficient (Wildman–Crippen LogP) is 9.53. The maximum atomic E-state index is 9.19. The van der Waals surface area contributed by atoms with Gasteiger partial charge in [-0.05, 0) is 62.4 Å².